The second-order valence-electron chi connectivity index (χ2n) is 5.98. The molecule has 0 radical (unpaired) electrons. The first kappa shape index (κ1) is 22.5. The fourth-order valence-electron chi connectivity index (χ4n) is 2.82. The monoisotopic (exact) mass is 469 g/mol. The number of phosphoric ester groups is 1. The molecule has 0 aliphatic carbocycles. The summed E-state index contributed by atoms with van der Waals surface area (Å²) in [6.07, 6.45) is -4.98. The van der Waals surface area contributed by atoms with Crippen molar-refractivity contribution in [1.29, 1.82) is 0 Å². The number of aliphatic hydroxyl groups is 1. The average Bonchev–Trinajstić information content (AvgIpc) is 3.15. The van der Waals surface area contributed by atoms with Gasteiger partial charge >= 0.3 is 15.6 Å². The molecule has 0 saturated carbocycles. The van der Waals surface area contributed by atoms with Crippen molar-refractivity contribution in [3.63, 3.8) is 0 Å². The second-order valence-corrected chi connectivity index (χ2v) is 8.81. The van der Waals surface area contributed by atoms with Gasteiger partial charge in [0.15, 0.2) is 17.7 Å². The molecule has 0 spiro atoms. The summed E-state index contributed by atoms with van der Waals surface area (Å²) in [4.78, 5) is 32.8. The largest absolute Gasteiger partial charge is 0.481 e. The van der Waals surface area contributed by atoms with Gasteiger partial charge in [0.1, 0.15) is 24.1 Å². The molecule has 2 aromatic heterocycles. The molecule has 6 N–H and O–H groups in total. The molecule has 19 heteroatoms. The van der Waals surface area contributed by atoms with Crippen LogP contribution in [0.15, 0.2) is 23.6 Å². The van der Waals surface area contributed by atoms with Gasteiger partial charge in [0.05, 0.1) is 12.3 Å². The molecule has 2 aromatic rings. The Hall–Kier alpha value is -2.16. The van der Waals surface area contributed by atoms with Crippen molar-refractivity contribution < 1.29 is 46.9 Å². The van der Waals surface area contributed by atoms with Crippen LogP contribution in [0.2, 0.25) is 0 Å². The maximum Gasteiger partial charge on any atom is 0.481 e. The molecule has 30 heavy (non-hydrogen) atoms. The maximum absolute atomic E-state index is 14.9. The molecule has 0 amide bonds. The van der Waals surface area contributed by atoms with Crippen molar-refractivity contribution in [3.05, 3.63) is 34.6 Å². The summed E-state index contributed by atoms with van der Waals surface area (Å²) < 4.78 is 51.8. The molecular formula is C11H14FN7O9P2. The summed E-state index contributed by atoms with van der Waals surface area (Å²) in [6, 6.07) is 2.79. The lowest BCUT2D eigenvalue weighted by Gasteiger charge is -2.26. The second kappa shape index (κ2) is 7.83. The summed E-state index contributed by atoms with van der Waals surface area (Å²) in [5.74, 6) is 0.0608. The number of halogens is 1. The van der Waals surface area contributed by atoms with Gasteiger partial charge in [-0.25, -0.2) is 23.0 Å². The molecule has 1 unspecified atom stereocenters. The molecular weight excluding hydrogens is 455 g/mol. The van der Waals surface area contributed by atoms with Crippen molar-refractivity contribution in [1.82, 2.24) is 14.6 Å². The number of anilines is 1. The van der Waals surface area contributed by atoms with E-state index in [0.29, 0.717) is 0 Å². The summed E-state index contributed by atoms with van der Waals surface area (Å²) in [5, 5.41) is 17.3. The minimum Gasteiger partial charge on any atom is -0.387 e. The number of ether oxygens (including phenoxy) is 1. The summed E-state index contributed by atoms with van der Waals surface area (Å²) in [6.45, 7) is -1.29. The van der Waals surface area contributed by atoms with Gasteiger partial charge < -0.3 is 30.3 Å². The molecule has 16 nitrogen and oxygen atoms in total. The van der Waals surface area contributed by atoms with E-state index in [1.807, 2.05) is 0 Å². The Morgan fingerprint density at radius 2 is 2.13 bits per heavy atom. The first-order valence-corrected chi connectivity index (χ1v) is 10.8. The molecule has 3 rings (SSSR count). The third kappa shape index (κ3) is 4.31. The first-order valence-electron chi connectivity index (χ1n) is 7.78. The molecule has 1 aliphatic rings. The van der Waals surface area contributed by atoms with Crippen LogP contribution in [0.4, 0.5) is 10.2 Å². The van der Waals surface area contributed by atoms with Crippen LogP contribution in [0.1, 0.15) is 11.8 Å². The lowest BCUT2D eigenvalue weighted by Crippen LogP contribution is -2.44. The van der Waals surface area contributed by atoms with E-state index < -0.39 is 46.4 Å². The van der Waals surface area contributed by atoms with Crippen molar-refractivity contribution in [2.24, 2.45) is 5.11 Å². The highest BCUT2D eigenvalue weighted by atomic mass is 31.3. The van der Waals surface area contributed by atoms with Gasteiger partial charge in [-0.05, 0) is 17.7 Å². The van der Waals surface area contributed by atoms with Crippen LogP contribution in [0.25, 0.3) is 16.0 Å². The third-order valence-corrected chi connectivity index (χ3v) is 6.18. The first-order chi connectivity index (χ1) is 13.9. The van der Waals surface area contributed by atoms with Gasteiger partial charge in [-0.3, -0.25) is 4.52 Å². The van der Waals surface area contributed by atoms with Gasteiger partial charge in [-0.15, -0.1) is 0 Å². The number of rotatable bonds is 7. The Morgan fingerprint density at radius 1 is 1.43 bits per heavy atom. The van der Waals surface area contributed by atoms with Gasteiger partial charge in [0.2, 0.25) is 0 Å². The van der Waals surface area contributed by atoms with Crippen LogP contribution >= 0.6 is 15.6 Å². The SMILES string of the molecule is [N-]=[N+]=N[C@]1(COP(=O)(O)OP(=O)(O)O)O[C@@H](c2ccc3c(N)ncnn23)[C@H](F)[C@@H]1O. The number of azide groups is 1. The Morgan fingerprint density at radius 3 is 2.77 bits per heavy atom. The number of hydrogen-bond acceptors (Lipinski definition) is 10. The Labute approximate surface area is 165 Å². The van der Waals surface area contributed by atoms with Crippen molar-refractivity contribution >= 4 is 27.0 Å². The summed E-state index contributed by atoms with van der Waals surface area (Å²) >= 11 is 0. The van der Waals surface area contributed by atoms with Crippen LogP contribution in [-0.4, -0.2) is 59.0 Å². The van der Waals surface area contributed by atoms with E-state index in [2.05, 4.69) is 28.9 Å². The molecule has 0 bridgehead atoms. The maximum atomic E-state index is 14.9. The predicted octanol–water partition coefficient (Wildman–Crippen LogP) is 0.315. The van der Waals surface area contributed by atoms with E-state index in [1.165, 1.54) is 12.1 Å². The summed E-state index contributed by atoms with van der Waals surface area (Å²) in [7, 11) is -10.9. The van der Waals surface area contributed by atoms with Gasteiger partial charge in [0, 0.05) is 4.91 Å². The normalized spacial score (nSPS) is 28.9. The molecule has 5 atom stereocenters. The third-order valence-electron chi connectivity index (χ3n) is 4.04. The van der Waals surface area contributed by atoms with E-state index in [9.17, 15) is 23.5 Å². The zero-order valence-electron chi connectivity index (χ0n) is 14.5. The zero-order chi connectivity index (χ0) is 22.3. The lowest BCUT2D eigenvalue weighted by molar-refractivity contribution is -0.106. The molecule has 1 fully saturated rings. The van der Waals surface area contributed by atoms with Crippen LogP contribution in [0.3, 0.4) is 0 Å². The zero-order valence-corrected chi connectivity index (χ0v) is 16.3. The number of nitrogens with two attached hydrogens (primary N) is 1. The fourth-order valence-corrected chi connectivity index (χ4v) is 4.43. The smallest absolute Gasteiger partial charge is 0.387 e. The lowest BCUT2D eigenvalue weighted by atomic mass is 10.0. The Kier molecular flexibility index (Phi) is 5.88. The molecule has 0 aromatic carbocycles. The number of aromatic nitrogens is 3. The van der Waals surface area contributed by atoms with Crippen LogP contribution in [-0.2, 0) is 22.7 Å². The van der Waals surface area contributed by atoms with E-state index >= 15 is 0 Å². The number of hydrogen-bond donors (Lipinski definition) is 5. The minimum atomic E-state index is -5.45. The van der Waals surface area contributed by atoms with Crippen LogP contribution in [0.5, 0.6) is 0 Å². The van der Waals surface area contributed by atoms with Crippen LogP contribution in [0, 0.1) is 0 Å². The standard InChI is InChI=1S/C11H14FN7O9P2/c12-7-8(5-1-2-6-10(13)15-4-16-19(5)6)27-11(9(7)20,17-18-14)3-26-30(24,25)28-29(21,22)23/h1-2,4,7-9,20H,3H2,(H,24,25)(H2,13,15,16)(H2,21,22,23)/t7-,8-,9-,11+/m0/s1. The molecule has 1 saturated heterocycles. The number of nitrogen functional groups attached to an aromatic ring is 1. The topological polar surface area (TPSA) is 248 Å². The number of alkyl halides is 1. The van der Waals surface area contributed by atoms with Crippen molar-refractivity contribution in [3.8, 4) is 0 Å². The number of aliphatic hydroxyl groups excluding tert-OH is 1. The number of phosphoric acid groups is 2. The van der Waals surface area contributed by atoms with Crippen molar-refractivity contribution in [2.45, 2.75) is 24.1 Å². The molecule has 164 valence electrons. The quantitative estimate of drug-likeness (QED) is 0.159. The van der Waals surface area contributed by atoms with Crippen LogP contribution < -0.4 is 5.73 Å². The number of nitrogens with zero attached hydrogens (tertiary/aromatic N) is 6. The Balaban J connectivity index is 1.92. The van der Waals surface area contributed by atoms with E-state index in [-0.39, 0.29) is 17.0 Å². The summed E-state index contributed by atoms with van der Waals surface area (Å²) in [5.41, 5.74) is 12.2. The fraction of sp³-hybridized carbons (Fsp3) is 0.455. The number of fused-ring (bicyclic) bond motifs is 1. The predicted molar refractivity (Wildman–Crippen MR) is 92.9 cm³/mol. The Bertz CT molecular complexity index is 1100. The van der Waals surface area contributed by atoms with E-state index in [4.69, 9.17) is 25.8 Å². The minimum absolute atomic E-state index is 0.0271. The van der Waals surface area contributed by atoms with E-state index in [1.54, 1.807) is 0 Å². The highest BCUT2D eigenvalue weighted by Gasteiger charge is 2.57. The van der Waals surface area contributed by atoms with Gasteiger partial charge in [0.25, 0.3) is 0 Å². The van der Waals surface area contributed by atoms with E-state index in [0.717, 1.165) is 10.8 Å². The van der Waals surface area contributed by atoms with Gasteiger partial charge in [-0.1, -0.05) is 5.11 Å². The van der Waals surface area contributed by atoms with Gasteiger partial charge in [-0.2, -0.15) is 9.41 Å². The highest BCUT2D eigenvalue weighted by molar-refractivity contribution is 7.60. The molecule has 1 aliphatic heterocycles. The molecule has 3 heterocycles. The average molecular weight is 469 g/mol. The van der Waals surface area contributed by atoms with Crippen molar-refractivity contribution in [2.75, 3.05) is 12.3 Å². The highest BCUT2D eigenvalue weighted by Crippen LogP contribution is 2.58.